The van der Waals surface area contributed by atoms with Gasteiger partial charge in [-0.25, -0.2) is 4.79 Å². The van der Waals surface area contributed by atoms with E-state index in [-0.39, 0.29) is 11.3 Å². The number of thioether (sulfide) groups is 1. The average molecular weight is 308 g/mol. The fraction of sp³-hybridized carbons (Fsp3) is 0.467. The monoisotopic (exact) mass is 308 g/mol. The number of carbonyl (C=O) groups is 2. The molecule has 0 saturated carbocycles. The Morgan fingerprint density at radius 2 is 2.10 bits per heavy atom. The molecule has 1 saturated heterocycles. The van der Waals surface area contributed by atoms with Crippen LogP contribution in [0.2, 0.25) is 0 Å². The molecule has 2 rings (SSSR count). The zero-order valence-corrected chi connectivity index (χ0v) is 12.8. The number of benzene rings is 1. The van der Waals surface area contributed by atoms with Gasteiger partial charge in [0.15, 0.2) is 0 Å². The minimum absolute atomic E-state index is 0.0987. The van der Waals surface area contributed by atoms with Crippen molar-refractivity contribution in [1.82, 2.24) is 4.90 Å². The maximum atomic E-state index is 12.7. The molecule has 0 spiro atoms. The summed E-state index contributed by atoms with van der Waals surface area (Å²) in [5, 5.41) is 9.22. The van der Waals surface area contributed by atoms with Gasteiger partial charge in [-0.1, -0.05) is 43.7 Å². The Kier molecular flexibility index (Phi) is 5.25. The van der Waals surface area contributed by atoms with Crippen molar-refractivity contribution in [2.45, 2.75) is 37.2 Å². The Hall–Kier alpha value is -1.53. The third-order valence-corrected chi connectivity index (χ3v) is 4.95. The summed E-state index contributed by atoms with van der Waals surface area (Å²) in [6.45, 7) is 2.02. The molecule has 21 heavy (non-hydrogen) atoms. The van der Waals surface area contributed by atoms with Crippen LogP contribution in [-0.2, 0) is 9.59 Å². The first-order valence-corrected chi connectivity index (χ1v) is 8.08. The number of hydrogen-bond donors (Lipinski definition) is 2. The van der Waals surface area contributed by atoms with Crippen molar-refractivity contribution in [2.24, 2.45) is 5.73 Å². The SMILES string of the molecule is CCCC1SCC(C(=O)O)N1C(=O)[C@H](N)c1ccccc1. The zero-order valence-electron chi connectivity index (χ0n) is 11.9. The Balaban J connectivity index is 2.22. The number of rotatable bonds is 5. The summed E-state index contributed by atoms with van der Waals surface area (Å²) in [5.74, 6) is -0.848. The molecule has 1 heterocycles. The molecule has 1 fully saturated rings. The second kappa shape index (κ2) is 6.95. The molecule has 1 aromatic rings. The lowest BCUT2D eigenvalue weighted by Gasteiger charge is -2.29. The Morgan fingerprint density at radius 1 is 1.43 bits per heavy atom. The van der Waals surface area contributed by atoms with E-state index in [1.165, 1.54) is 16.7 Å². The van der Waals surface area contributed by atoms with Gasteiger partial charge in [-0.2, -0.15) is 0 Å². The van der Waals surface area contributed by atoms with Gasteiger partial charge < -0.3 is 15.7 Å². The highest BCUT2D eigenvalue weighted by Crippen LogP contribution is 2.34. The molecule has 1 aromatic carbocycles. The number of carboxylic acids is 1. The van der Waals surface area contributed by atoms with E-state index in [9.17, 15) is 14.7 Å². The van der Waals surface area contributed by atoms with Crippen LogP contribution in [-0.4, -0.2) is 39.1 Å². The molecular formula is C15H20N2O3S. The molecule has 1 aliphatic heterocycles. The summed E-state index contributed by atoms with van der Waals surface area (Å²) in [4.78, 5) is 25.5. The quantitative estimate of drug-likeness (QED) is 0.867. The van der Waals surface area contributed by atoms with Crippen LogP contribution in [0.25, 0.3) is 0 Å². The smallest absolute Gasteiger partial charge is 0.327 e. The summed E-state index contributed by atoms with van der Waals surface area (Å²) < 4.78 is 0. The van der Waals surface area contributed by atoms with Gasteiger partial charge >= 0.3 is 5.97 Å². The van der Waals surface area contributed by atoms with Crippen molar-refractivity contribution in [1.29, 1.82) is 0 Å². The van der Waals surface area contributed by atoms with Gasteiger partial charge in [0.25, 0.3) is 0 Å². The van der Waals surface area contributed by atoms with E-state index in [1.54, 1.807) is 12.1 Å². The van der Waals surface area contributed by atoms with Crippen molar-refractivity contribution < 1.29 is 14.7 Å². The van der Waals surface area contributed by atoms with Gasteiger partial charge in [0, 0.05) is 5.75 Å². The molecule has 3 atom stereocenters. The number of hydrogen-bond acceptors (Lipinski definition) is 4. The number of nitrogens with zero attached hydrogens (tertiary/aromatic N) is 1. The maximum absolute atomic E-state index is 12.7. The van der Waals surface area contributed by atoms with Gasteiger partial charge in [0.2, 0.25) is 5.91 Å². The van der Waals surface area contributed by atoms with Crippen LogP contribution in [0.4, 0.5) is 0 Å². The van der Waals surface area contributed by atoms with E-state index in [1.807, 2.05) is 25.1 Å². The highest BCUT2D eigenvalue weighted by Gasteiger charge is 2.42. The predicted molar refractivity (Wildman–Crippen MR) is 82.8 cm³/mol. The molecule has 0 radical (unpaired) electrons. The van der Waals surface area contributed by atoms with E-state index < -0.39 is 18.1 Å². The van der Waals surface area contributed by atoms with Crippen LogP contribution in [0.1, 0.15) is 31.4 Å². The van der Waals surface area contributed by atoms with E-state index >= 15 is 0 Å². The van der Waals surface area contributed by atoms with E-state index in [0.29, 0.717) is 11.3 Å². The van der Waals surface area contributed by atoms with E-state index in [2.05, 4.69) is 0 Å². The van der Waals surface area contributed by atoms with Gasteiger partial charge in [0.1, 0.15) is 12.1 Å². The number of amides is 1. The third kappa shape index (κ3) is 3.39. The topological polar surface area (TPSA) is 83.6 Å². The lowest BCUT2D eigenvalue weighted by molar-refractivity contribution is -0.149. The van der Waals surface area contributed by atoms with Crippen LogP contribution >= 0.6 is 11.8 Å². The average Bonchev–Trinajstić information content (AvgIpc) is 2.91. The highest BCUT2D eigenvalue weighted by molar-refractivity contribution is 8.00. The van der Waals surface area contributed by atoms with E-state index in [4.69, 9.17) is 5.73 Å². The first-order chi connectivity index (χ1) is 10.1. The molecule has 3 N–H and O–H groups in total. The molecule has 114 valence electrons. The second-order valence-electron chi connectivity index (χ2n) is 5.06. The number of nitrogens with two attached hydrogens (primary N) is 1. The number of aliphatic carboxylic acids is 1. The van der Waals surface area contributed by atoms with Crippen LogP contribution < -0.4 is 5.73 Å². The zero-order chi connectivity index (χ0) is 15.4. The van der Waals surface area contributed by atoms with E-state index in [0.717, 1.165) is 12.8 Å². The van der Waals surface area contributed by atoms with Gasteiger partial charge in [0.05, 0.1) is 5.37 Å². The maximum Gasteiger partial charge on any atom is 0.327 e. The molecule has 1 aliphatic rings. The Labute approximate surface area is 128 Å². The fourth-order valence-corrected chi connectivity index (χ4v) is 4.00. The molecule has 0 aliphatic carbocycles. The normalized spacial score (nSPS) is 23.0. The minimum atomic E-state index is -0.963. The Bertz CT molecular complexity index is 509. The summed E-state index contributed by atoms with van der Waals surface area (Å²) in [5.41, 5.74) is 6.75. The summed E-state index contributed by atoms with van der Waals surface area (Å²) in [6.07, 6.45) is 1.68. The van der Waals surface area contributed by atoms with Crippen molar-refractivity contribution in [3.63, 3.8) is 0 Å². The summed E-state index contributed by atoms with van der Waals surface area (Å²) in [7, 11) is 0. The standard InChI is InChI=1S/C15H20N2O3S/c1-2-6-12-17(11(9-21-12)15(19)20)14(18)13(16)10-7-4-3-5-8-10/h3-5,7-8,11-13H,2,6,9,16H2,1H3,(H,19,20)/t11?,12?,13-/m1/s1. The van der Waals surface area contributed by atoms with Gasteiger partial charge in [-0.3, -0.25) is 4.79 Å². The second-order valence-corrected chi connectivity index (χ2v) is 6.28. The van der Waals surface area contributed by atoms with Gasteiger partial charge in [-0.15, -0.1) is 11.8 Å². The van der Waals surface area contributed by atoms with Crippen LogP contribution in [0.5, 0.6) is 0 Å². The largest absolute Gasteiger partial charge is 0.480 e. The lowest BCUT2D eigenvalue weighted by Crippen LogP contribution is -2.49. The van der Waals surface area contributed by atoms with Crippen LogP contribution in [0.3, 0.4) is 0 Å². The van der Waals surface area contributed by atoms with Crippen molar-refractivity contribution in [3.05, 3.63) is 35.9 Å². The molecule has 0 aromatic heterocycles. The van der Waals surface area contributed by atoms with Crippen LogP contribution in [0.15, 0.2) is 30.3 Å². The lowest BCUT2D eigenvalue weighted by atomic mass is 10.1. The molecule has 5 nitrogen and oxygen atoms in total. The predicted octanol–water partition coefficient (Wildman–Crippen LogP) is 1.84. The van der Waals surface area contributed by atoms with Crippen LogP contribution in [0, 0.1) is 0 Å². The number of carbonyl (C=O) groups excluding carboxylic acids is 1. The molecule has 2 unspecified atom stereocenters. The first-order valence-electron chi connectivity index (χ1n) is 7.03. The van der Waals surface area contributed by atoms with Crippen molar-refractivity contribution in [2.75, 3.05) is 5.75 Å². The fourth-order valence-electron chi connectivity index (χ4n) is 2.48. The third-order valence-electron chi connectivity index (χ3n) is 3.59. The van der Waals surface area contributed by atoms with Gasteiger partial charge in [-0.05, 0) is 12.0 Å². The molecule has 1 amide bonds. The Morgan fingerprint density at radius 3 is 2.67 bits per heavy atom. The highest BCUT2D eigenvalue weighted by atomic mass is 32.2. The molecule has 6 heteroatoms. The molecular weight excluding hydrogens is 288 g/mol. The minimum Gasteiger partial charge on any atom is -0.480 e. The van der Waals surface area contributed by atoms with Crippen molar-refractivity contribution >= 4 is 23.6 Å². The molecule has 0 bridgehead atoms. The summed E-state index contributed by atoms with van der Waals surface area (Å²) >= 11 is 1.52. The first kappa shape index (κ1) is 15.9. The number of carboxylic acid groups (broad SMARTS) is 1. The summed E-state index contributed by atoms with van der Waals surface area (Å²) in [6, 6.07) is 7.47. The van der Waals surface area contributed by atoms with Crippen molar-refractivity contribution in [3.8, 4) is 0 Å².